The fourth-order valence-corrected chi connectivity index (χ4v) is 3.45. The predicted octanol–water partition coefficient (Wildman–Crippen LogP) is 4.01. The van der Waals surface area contributed by atoms with Crippen LogP contribution >= 0.6 is 0 Å². The lowest BCUT2D eigenvalue weighted by Gasteiger charge is -2.16. The molecule has 26 heavy (non-hydrogen) atoms. The molecule has 1 amide bonds. The van der Waals surface area contributed by atoms with Crippen molar-refractivity contribution in [1.29, 1.82) is 0 Å². The molecule has 6 nitrogen and oxygen atoms in total. The Hall–Kier alpha value is -2.76. The molecule has 1 aliphatic carbocycles. The van der Waals surface area contributed by atoms with Gasteiger partial charge in [-0.25, -0.2) is 4.98 Å². The van der Waals surface area contributed by atoms with Crippen molar-refractivity contribution in [3.8, 4) is 11.5 Å². The fourth-order valence-electron chi connectivity index (χ4n) is 3.45. The molecule has 2 aromatic rings. The number of hydrogen-bond donors (Lipinski definition) is 2. The Balaban J connectivity index is 1.43. The average molecular weight is 353 g/mol. The SMILES string of the molecule is O=C(NC1CCCCCC1)c1ccnc(Nc2ccc3c(c2)OCO3)c1. The molecule has 0 radical (unpaired) electrons. The maximum atomic E-state index is 12.6. The summed E-state index contributed by atoms with van der Waals surface area (Å²) in [5.41, 5.74) is 1.45. The zero-order valence-corrected chi connectivity index (χ0v) is 14.7. The first-order valence-electron chi connectivity index (χ1n) is 9.21. The summed E-state index contributed by atoms with van der Waals surface area (Å²) in [7, 11) is 0. The molecule has 136 valence electrons. The van der Waals surface area contributed by atoms with Crippen LogP contribution < -0.4 is 20.1 Å². The summed E-state index contributed by atoms with van der Waals surface area (Å²) in [4.78, 5) is 16.9. The molecule has 4 rings (SSSR count). The lowest BCUT2D eigenvalue weighted by molar-refractivity contribution is 0.0933. The number of nitrogens with zero attached hydrogens (tertiary/aromatic N) is 1. The second kappa shape index (κ2) is 7.64. The summed E-state index contributed by atoms with van der Waals surface area (Å²) in [6, 6.07) is 9.42. The van der Waals surface area contributed by atoms with Crippen molar-refractivity contribution in [2.24, 2.45) is 0 Å². The van der Waals surface area contributed by atoms with Crippen molar-refractivity contribution in [1.82, 2.24) is 10.3 Å². The molecule has 0 atom stereocenters. The van der Waals surface area contributed by atoms with E-state index in [1.807, 2.05) is 18.2 Å². The molecule has 0 spiro atoms. The quantitative estimate of drug-likeness (QED) is 0.813. The molecule has 2 aliphatic rings. The van der Waals surface area contributed by atoms with Crippen LogP contribution in [0, 0.1) is 0 Å². The highest BCUT2D eigenvalue weighted by Crippen LogP contribution is 2.34. The van der Waals surface area contributed by atoms with E-state index in [4.69, 9.17) is 9.47 Å². The van der Waals surface area contributed by atoms with Crippen LogP contribution in [0.25, 0.3) is 0 Å². The number of benzene rings is 1. The highest BCUT2D eigenvalue weighted by molar-refractivity contribution is 5.95. The van der Waals surface area contributed by atoms with E-state index >= 15 is 0 Å². The van der Waals surface area contributed by atoms with Crippen molar-refractivity contribution < 1.29 is 14.3 Å². The van der Waals surface area contributed by atoms with Gasteiger partial charge < -0.3 is 20.1 Å². The molecule has 1 aliphatic heterocycles. The minimum atomic E-state index is -0.0342. The van der Waals surface area contributed by atoms with Crippen LogP contribution in [0.5, 0.6) is 11.5 Å². The molecule has 2 heterocycles. The zero-order valence-electron chi connectivity index (χ0n) is 14.7. The fraction of sp³-hybridized carbons (Fsp3) is 0.400. The molecular formula is C20H23N3O3. The molecule has 6 heteroatoms. The van der Waals surface area contributed by atoms with Gasteiger partial charge in [0.1, 0.15) is 5.82 Å². The van der Waals surface area contributed by atoms with E-state index in [2.05, 4.69) is 15.6 Å². The minimum absolute atomic E-state index is 0.0342. The van der Waals surface area contributed by atoms with Gasteiger partial charge in [-0.2, -0.15) is 0 Å². The Morgan fingerprint density at radius 3 is 2.65 bits per heavy atom. The Bertz CT molecular complexity index is 786. The summed E-state index contributed by atoms with van der Waals surface area (Å²) in [6.45, 7) is 0.244. The summed E-state index contributed by atoms with van der Waals surface area (Å²) in [5, 5.41) is 6.39. The number of pyridine rings is 1. The number of amides is 1. The highest BCUT2D eigenvalue weighted by atomic mass is 16.7. The summed E-state index contributed by atoms with van der Waals surface area (Å²) < 4.78 is 10.7. The van der Waals surface area contributed by atoms with E-state index < -0.39 is 0 Å². The van der Waals surface area contributed by atoms with Crippen LogP contribution in [0.3, 0.4) is 0 Å². The number of aromatic nitrogens is 1. The molecule has 2 N–H and O–H groups in total. The molecule has 1 aromatic carbocycles. The third-order valence-electron chi connectivity index (χ3n) is 4.86. The Labute approximate surface area is 152 Å². The topological polar surface area (TPSA) is 72.5 Å². The van der Waals surface area contributed by atoms with Gasteiger partial charge in [-0.15, -0.1) is 0 Å². The van der Waals surface area contributed by atoms with E-state index in [1.165, 1.54) is 25.7 Å². The molecule has 1 aromatic heterocycles. The number of anilines is 2. The molecule has 0 saturated heterocycles. The number of ether oxygens (including phenoxy) is 2. The minimum Gasteiger partial charge on any atom is -0.454 e. The lowest BCUT2D eigenvalue weighted by atomic mass is 10.1. The highest BCUT2D eigenvalue weighted by Gasteiger charge is 2.17. The summed E-state index contributed by atoms with van der Waals surface area (Å²) in [6.07, 6.45) is 8.71. The van der Waals surface area contributed by atoms with Gasteiger partial charge in [0.25, 0.3) is 5.91 Å². The van der Waals surface area contributed by atoms with Crippen LogP contribution in [0.15, 0.2) is 36.5 Å². The van der Waals surface area contributed by atoms with Crippen LogP contribution in [0.2, 0.25) is 0 Å². The second-order valence-corrected chi connectivity index (χ2v) is 6.78. The predicted molar refractivity (Wildman–Crippen MR) is 99.0 cm³/mol. The van der Waals surface area contributed by atoms with Gasteiger partial charge in [-0.1, -0.05) is 25.7 Å². The molecule has 1 saturated carbocycles. The van der Waals surface area contributed by atoms with Crippen molar-refractivity contribution in [2.75, 3.05) is 12.1 Å². The van der Waals surface area contributed by atoms with Crippen LogP contribution in [-0.4, -0.2) is 23.7 Å². The number of carbonyl (C=O) groups excluding carboxylic acids is 1. The summed E-state index contributed by atoms with van der Waals surface area (Å²) >= 11 is 0. The first-order valence-corrected chi connectivity index (χ1v) is 9.21. The first kappa shape index (κ1) is 16.7. The van der Waals surface area contributed by atoms with Crippen molar-refractivity contribution in [3.05, 3.63) is 42.1 Å². The van der Waals surface area contributed by atoms with Gasteiger partial charge in [0.2, 0.25) is 6.79 Å². The smallest absolute Gasteiger partial charge is 0.251 e. The van der Waals surface area contributed by atoms with Gasteiger partial charge in [-0.3, -0.25) is 4.79 Å². The van der Waals surface area contributed by atoms with Crippen molar-refractivity contribution in [2.45, 2.75) is 44.6 Å². The number of carbonyl (C=O) groups is 1. The maximum Gasteiger partial charge on any atom is 0.251 e. The number of fused-ring (bicyclic) bond motifs is 1. The van der Waals surface area contributed by atoms with E-state index in [0.29, 0.717) is 17.1 Å². The van der Waals surface area contributed by atoms with Gasteiger partial charge in [0.15, 0.2) is 11.5 Å². The van der Waals surface area contributed by atoms with Crippen LogP contribution in [-0.2, 0) is 0 Å². The van der Waals surface area contributed by atoms with Crippen LogP contribution in [0.1, 0.15) is 48.9 Å². The monoisotopic (exact) mass is 353 g/mol. The third kappa shape index (κ3) is 3.90. The number of nitrogens with one attached hydrogen (secondary N) is 2. The van der Waals surface area contributed by atoms with E-state index in [9.17, 15) is 4.79 Å². The average Bonchev–Trinajstić information content (AvgIpc) is 2.97. The molecule has 0 unspecified atom stereocenters. The Kier molecular flexibility index (Phi) is 4.91. The van der Waals surface area contributed by atoms with Crippen molar-refractivity contribution in [3.63, 3.8) is 0 Å². The third-order valence-corrected chi connectivity index (χ3v) is 4.86. The molecule has 0 bridgehead atoms. The molecular weight excluding hydrogens is 330 g/mol. The lowest BCUT2D eigenvalue weighted by Crippen LogP contribution is -2.34. The van der Waals surface area contributed by atoms with E-state index in [1.54, 1.807) is 18.3 Å². The van der Waals surface area contributed by atoms with E-state index in [0.717, 1.165) is 24.3 Å². The van der Waals surface area contributed by atoms with Gasteiger partial charge in [0, 0.05) is 29.6 Å². The normalized spacial score (nSPS) is 16.8. The van der Waals surface area contributed by atoms with Crippen LogP contribution in [0.4, 0.5) is 11.5 Å². The Morgan fingerprint density at radius 1 is 1.00 bits per heavy atom. The van der Waals surface area contributed by atoms with Gasteiger partial charge >= 0.3 is 0 Å². The first-order chi connectivity index (χ1) is 12.8. The van der Waals surface area contributed by atoms with Gasteiger partial charge in [0.05, 0.1) is 0 Å². The Morgan fingerprint density at radius 2 is 1.81 bits per heavy atom. The van der Waals surface area contributed by atoms with Gasteiger partial charge in [-0.05, 0) is 37.1 Å². The molecule has 1 fully saturated rings. The maximum absolute atomic E-state index is 12.6. The summed E-state index contributed by atoms with van der Waals surface area (Å²) in [5.74, 6) is 2.03. The zero-order chi connectivity index (χ0) is 17.8. The second-order valence-electron chi connectivity index (χ2n) is 6.78. The number of hydrogen-bond acceptors (Lipinski definition) is 5. The van der Waals surface area contributed by atoms with E-state index in [-0.39, 0.29) is 18.7 Å². The van der Waals surface area contributed by atoms with Crippen molar-refractivity contribution >= 4 is 17.4 Å². The standard InChI is InChI=1S/C20H23N3O3/c24-20(23-15-5-3-1-2-4-6-15)14-9-10-21-19(11-14)22-16-7-8-17-18(12-16)26-13-25-17/h7-12,15H,1-6,13H2,(H,21,22)(H,23,24). The number of rotatable bonds is 4. The largest absolute Gasteiger partial charge is 0.454 e.